The van der Waals surface area contributed by atoms with Crippen molar-refractivity contribution in [3.8, 4) is 0 Å². The number of nitrogens with zero attached hydrogens (tertiary/aromatic N) is 1. The minimum Gasteiger partial charge on any atom is -0.356 e. The molecular formula is C13H23N3. The van der Waals surface area contributed by atoms with Gasteiger partial charge < -0.3 is 10.6 Å². The zero-order valence-electron chi connectivity index (χ0n) is 10.2. The maximum Gasteiger partial charge on any atom is 0.191 e. The number of guanidine groups is 1. The summed E-state index contributed by atoms with van der Waals surface area (Å²) in [7, 11) is 1.87. The van der Waals surface area contributed by atoms with E-state index >= 15 is 0 Å². The summed E-state index contributed by atoms with van der Waals surface area (Å²) in [6.45, 7) is 1.13. The topological polar surface area (TPSA) is 36.4 Å². The first-order valence-corrected chi connectivity index (χ1v) is 6.82. The van der Waals surface area contributed by atoms with Crippen molar-refractivity contribution in [1.29, 1.82) is 0 Å². The molecule has 3 unspecified atom stereocenters. The third-order valence-electron chi connectivity index (χ3n) is 4.56. The van der Waals surface area contributed by atoms with Gasteiger partial charge in [0.15, 0.2) is 5.96 Å². The van der Waals surface area contributed by atoms with Crippen LogP contribution in [0.2, 0.25) is 0 Å². The molecule has 0 spiro atoms. The molecule has 16 heavy (non-hydrogen) atoms. The first-order valence-electron chi connectivity index (χ1n) is 6.82. The molecule has 3 atom stereocenters. The monoisotopic (exact) mass is 221 g/mol. The Hall–Kier alpha value is -0.730. The van der Waals surface area contributed by atoms with Gasteiger partial charge in [-0.25, -0.2) is 0 Å². The lowest BCUT2D eigenvalue weighted by Crippen LogP contribution is -2.41. The number of hydrogen-bond donors (Lipinski definition) is 2. The van der Waals surface area contributed by atoms with E-state index < -0.39 is 0 Å². The van der Waals surface area contributed by atoms with Gasteiger partial charge in [-0.05, 0) is 49.9 Å². The van der Waals surface area contributed by atoms with Crippen LogP contribution >= 0.6 is 0 Å². The molecule has 0 saturated heterocycles. The quantitative estimate of drug-likeness (QED) is 0.563. The first kappa shape index (κ1) is 10.4. The van der Waals surface area contributed by atoms with Gasteiger partial charge in [0.25, 0.3) is 0 Å². The van der Waals surface area contributed by atoms with E-state index in [9.17, 15) is 0 Å². The summed E-state index contributed by atoms with van der Waals surface area (Å²) in [5, 5.41) is 6.95. The average molecular weight is 221 g/mol. The Bertz CT molecular complexity index is 283. The predicted molar refractivity (Wildman–Crippen MR) is 66.5 cm³/mol. The summed E-state index contributed by atoms with van der Waals surface area (Å²) in [6, 6.07) is 0.700. The highest BCUT2D eigenvalue weighted by Crippen LogP contribution is 2.47. The molecule has 3 aliphatic carbocycles. The van der Waals surface area contributed by atoms with Crippen molar-refractivity contribution in [1.82, 2.24) is 10.6 Å². The number of aliphatic imine (C=N–C) groups is 1. The van der Waals surface area contributed by atoms with Gasteiger partial charge in [0, 0.05) is 19.6 Å². The van der Waals surface area contributed by atoms with Crippen molar-refractivity contribution in [2.45, 2.75) is 44.6 Å². The SMILES string of the molecule is CN=C(NCC1CC2CCC1C2)NC1CC1. The van der Waals surface area contributed by atoms with E-state index in [4.69, 9.17) is 0 Å². The van der Waals surface area contributed by atoms with Crippen LogP contribution in [0, 0.1) is 17.8 Å². The highest BCUT2D eigenvalue weighted by atomic mass is 15.2. The Kier molecular flexibility index (Phi) is 2.78. The van der Waals surface area contributed by atoms with Crippen LogP contribution in [0.1, 0.15) is 38.5 Å². The Morgan fingerprint density at radius 2 is 2.06 bits per heavy atom. The van der Waals surface area contributed by atoms with E-state index in [-0.39, 0.29) is 0 Å². The fraction of sp³-hybridized carbons (Fsp3) is 0.923. The summed E-state index contributed by atoms with van der Waals surface area (Å²) in [5.41, 5.74) is 0. The zero-order chi connectivity index (χ0) is 11.0. The normalized spacial score (nSPS) is 37.8. The van der Waals surface area contributed by atoms with Crippen LogP contribution in [-0.4, -0.2) is 25.6 Å². The Morgan fingerprint density at radius 1 is 1.19 bits per heavy atom. The number of fused-ring (bicyclic) bond motifs is 2. The molecule has 3 nitrogen and oxygen atoms in total. The van der Waals surface area contributed by atoms with Gasteiger partial charge in [-0.2, -0.15) is 0 Å². The summed E-state index contributed by atoms with van der Waals surface area (Å²) in [4.78, 5) is 4.29. The summed E-state index contributed by atoms with van der Waals surface area (Å²) >= 11 is 0. The maximum absolute atomic E-state index is 4.29. The van der Waals surface area contributed by atoms with Crippen molar-refractivity contribution >= 4 is 5.96 Å². The van der Waals surface area contributed by atoms with Gasteiger partial charge in [-0.3, -0.25) is 4.99 Å². The minimum atomic E-state index is 0.700. The van der Waals surface area contributed by atoms with Crippen molar-refractivity contribution in [3.63, 3.8) is 0 Å². The molecule has 3 fully saturated rings. The van der Waals surface area contributed by atoms with Gasteiger partial charge in [-0.15, -0.1) is 0 Å². The Balaban J connectivity index is 1.44. The van der Waals surface area contributed by atoms with Crippen molar-refractivity contribution in [2.75, 3.05) is 13.6 Å². The standard InChI is InChI=1S/C13H23N3/c1-14-13(16-12-4-5-12)15-8-11-7-9-2-3-10(11)6-9/h9-12H,2-8H2,1H3,(H2,14,15,16). The molecule has 0 aromatic heterocycles. The van der Waals surface area contributed by atoms with Gasteiger partial charge in [0.1, 0.15) is 0 Å². The fourth-order valence-corrected chi connectivity index (χ4v) is 3.47. The molecule has 0 aromatic carbocycles. The van der Waals surface area contributed by atoms with Crippen molar-refractivity contribution in [3.05, 3.63) is 0 Å². The number of rotatable bonds is 3. The van der Waals surface area contributed by atoms with E-state index in [1.807, 2.05) is 7.05 Å². The van der Waals surface area contributed by atoms with Crippen LogP contribution in [0.4, 0.5) is 0 Å². The van der Waals surface area contributed by atoms with Crippen LogP contribution in [0.25, 0.3) is 0 Å². The van der Waals surface area contributed by atoms with Crippen LogP contribution in [0.15, 0.2) is 4.99 Å². The van der Waals surface area contributed by atoms with E-state index in [0.717, 1.165) is 30.3 Å². The van der Waals surface area contributed by atoms with Crippen molar-refractivity contribution < 1.29 is 0 Å². The largest absolute Gasteiger partial charge is 0.356 e. The summed E-state index contributed by atoms with van der Waals surface area (Å²) < 4.78 is 0. The second-order valence-corrected chi connectivity index (χ2v) is 5.81. The highest BCUT2D eigenvalue weighted by Gasteiger charge is 2.39. The van der Waals surface area contributed by atoms with Crippen molar-refractivity contribution in [2.24, 2.45) is 22.7 Å². The van der Waals surface area contributed by atoms with E-state index in [2.05, 4.69) is 15.6 Å². The summed E-state index contributed by atoms with van der Waals surface area (Å²) in [6.07, 6.45) is 8.56. The minimum absolute atomic E-state index is 0.700. The van der Waals surface area contributed by atoms with Crippen LogP contribution in [0.5, 0.6) is 0 Å². The Morgan fingerprint density at radius 3 is 2.62 bits per heavy atom. The highest BCUT2D eigenvalue weighted by molar-refractivity contribution is 5.80. The predicted octanol–water partition coefficient (Wildman–Crippen LogP) is 1.75. The molecule has 3 rings (SSSR count). The molecule has 90 valence electrons. The molecule has 3 aliphatic rings. The first-order chi connectivity index (χ1) is 7.85. The van der Waals surface area contributed by atoms with Gasteiger partial charge in [0.05, 0.1) is 0 Å². The molecular weight excluding hydrogens is 198 g/mol. The van der Waals surface area contributed by atoms with Gasteiger partial charge >= 0.3 is 0 Å². The van der Waals surface area contributed by atoms with Gasteiger partial charge in [0.2, 0.25) is 0 Å². The lowest BCUT2D eigenvalue weighted by Gasteiger charge is -2.23. The molecule has 0 amide bonds. The molecule has 2 bridgehead atoms. The lowest BCUT2D eigenvalue weighted by atomic mass is 9.89. The van der Waals surface area contributed by atoms with E-state index in [0.29, 0.717) is 6.04 Å². The van der Waals surface area contributed by atoms with E-state index in [1.54, 1.807) is 0 Å². The zero-order valence-corrected chi connectivity index (χ0v) is 10.2. The average Bonchev–Trinajstić information content (AvgIpc) is 2.88. The van der Waals surface area contributed by atoms with E-state index in [1.165, 1.54) is 38.5 Å². The molecule has 0 radical (unpaired) electrons. The third kappa shape index (κ3) is 2.18. The molecule has 2 N–H and O–H groups in total. The molecule has 0 heterocycles. The Labute approximate surface area is 98.1 Å². The third-order valence-corrected chi connectivity index (χ3v) is 4.56. The summed E-state index contributed by atoms with van der Waals surface area (Å²) in [5.74, 6) is 3.99. The van der Waals surface area contributed by atoms with Crippen LogP contribution in [-0.2, 0) is 0 Å². The van der Waals surface area contributed by atoms with Crippen LogP contribution in [0.3, 0.4) is 0 Å². The fourth-order valence-electron chi connectivity index (χ4n) is 3.47. The lowest BCUT2D eigenvalue weighted by molar-refractivity contribution is 0.331. The second-order valence-electron chi connectivity index (χ2n) is 5.81. The molecule has 0 aliphatic heterocycles. The van der Waals surface area contributed by atoms with Gasteiger partial charge in [-0.1, -0.05) is 6.42 Å². The number of hydrogen-bond acceptors (Lipinski definition) is 1. The second kappa shape index (κ2) is 4.27. The smallest absolute Gasteiger partial charge is 0.191 e. The van der Waals surface area contributed by atoms with Crippen LogP contribution < -0.4 is 10.6 Å². The molecule has 3 saturated carbocycles. The number of nitrogens with one attached hydrogen (secondary N) is 2. The molecule has 0 aromatic rings. The molecule has 3 heteroatoms. The maximum atomic E-state index is 4.29.